The van der Waals surface area contributed by atoms with E-state index in [0.717, 1.165) is 29.4 Å². The van der Waals surface area contributed by atoms with E-state index in [-0.39, 0.29) is 12.0 Å². The number of aliphatic hydroxyl groups is 1. The smallest absolute Gasteiger partial charge is 0.239 e. The van der Waals surface area contributed by atoms with Crippen molar-refractivity contribution in [2.24, 2.45) is 5.73 Å². The Bertz CT molecular complexity index is 439. The fourth-order valence-electron chi connectivity index (χ4n) is 2.45. The van der Waals surface area contributed by atoms with Gasteiger partial charge in [0.05, 0.1) is 6.10 Å². The topological polar surface area (TPSA) is 66.6 Å². The second-order valence-corrected chi connectivity index (χ2v) is 5.57. The van der Waals surface area contributed by atoms with Crippen molar-refractivity contribution < 1.29 is 9.90 Å². The second kappa shape index (κ2) is 5.82. The zero-order valence-electron chi connectivity index (χ0n) is 10.1. The molecule has 1 aliphatic rings. The maximum atomic E-state index is 11.7. The summed E-state index contributed by atoms with van der Waals surface area (Å²) in [5.74, 6) is -0.373. The van der Waals surface area contributed by atoms with Crippen LogP contribution in [0.15, 0.2) is 28.7 Å². The number of benzene rings is 1. The molecular formula is C13H17BrN2O2. The predicted octanol–water partition coefficient (Wildman–Crippen LogP) is 1.43. The lowest BCUT2D eigenvalue weighted by Gasteiger charge is -2.35. The number of β-amino-alcohol motifs (C(OH)–C–C–N with tert-alkyl or cyclic N) is 1. The van der Waals surface area contributed by atoms with Crippen LogP contribution in [0.25, 0.3) is 0 Å². The summed E-state index contributed by atoms with van der Waals surface area (Å²) in [4.78, 5) is 13.7. The number of primary amides is 1. The van der Waals surface area contributed by atoms with Gasteiger partial charge in [-0.05, 0) is 37.1 Å². The van der Waals surface area contributed by atoms with Gasteiger partial charge < -0.3 is 10.8 Å². The largest absolute Gasteiger partial charge is 0.392 e. The monoisotopic (exact) mass is 312 g/mol. The Morgan fingerprint density at radius 2 is 2.33 bits per heavy atom. The number of piperidine rings is 1. The van der Waals surface area contributed by atoms with Crippen molar-refractivity contribution in [3.8, 4) is 0 Å². The summed E-state index contributed by atoms with van der Waals surface area (Å²) >= 11 is 3.40. The van der Waals surface area contributed by atoms with Crippen LogP contribution in [-0.4, -0.2) is 35.1 Å². The quantitative estimate of drug-likeness (QED) is 0.887. The highest BCUT2D eigenvalue weighted by Gasteiger charge is 2.29. The summed E-state index contributed by atoms with van der Waals surface area (Å²) in [5, 5.41) is 9.71. The zero-order valence-corrected chi connectivity index (χ0v) is 11.6. The molecule has 1 amide bonds. The summed E-state index contributed by atoms with van der Waals surface area (Å²) in [5.41, 5.74) is 6.38. The molecule has 0 bridgehead atoms. The maximum Gasteiger partial charge on any atom is 0.239 e. The van der Waals surface area contributed by atoms with Gasteiger partial charge in [0, 0.05) is 11.0 Å². The van der Waals surface area contributed by atoms with Crippen LogP contribution in [-0.2, 0) is 4.79 Å². The third kappa shape index (κ3) is 3.10. The molecule has 1 aromatic carbocycles. The first-order chi connectivity index (χ1) is 8.58. The molecule has 1 aromatic rings. The highest BCUT2D eigenvalue weighted by Crippen LogP contribution is 2.26. The van der Waals surface area contributed by atoms with Gasteiger partial charge in [-0.25, -0.2) is 0 Å². The molecule has 1 fully saturated rings. The average molecular weight is 313 g/mol. The number of halogens is 1. The SMILES string of the molecule is NC(=O)C(c1cccc(Br)c1)N1CCC[C@H](O)C1. The number of nitrogens with two attached hydrogens (primary N) is 1. The number of hydrogen-bond donors (Lipinski definition) is 2. The van der Waals surface area contributed by atoms with Crippen LogP contribution >= 0.6 is 15.9 Å². The summed E-state index contributed by atoms with van der Waals surface area (Å²) in [6.07, 6.45) is 1.31. The first-order valence-electron chi connectivity index (χ1n) is 6.05. The lowest BCUT2D eigenvalue weighted by Crippen LogP contribution is -2.45. The van der Waals surface area contributed by atoms with Gasteiger partial charge in [0.2, 0.25) is 5.91 Å². The predicted molar refractivity (Wildman–Crippen MR) is 72.9 cm³/mol. The Morgan fingerprint density at radius 3 is 2.94 bits per heavy atom. The van der Waals surface area contributed by atoms with Gasteiger partial charge in [0.15, 0.2) is 0 Å². The van der Waals surface area contributed by atoms with E-state index in [9.17, 15) is 9.90 Å². The van der Waals surface area contributed by atoms with Crippen LogP contribution in [0.5, 0.6) is 0 Å². The molecular weight excluding hydrogens is 296 g/mol. The van der Waals surface area contributed by atoms with Crippen molar-refractivity contribution in [1.82, 2.24) is 4.90 Å². The van der Waals surface area contributed by atoms with E-state index in [4.69, 9.17) is 5.73 Å². The van der Waals surface area contributed by atoms with Crippen molar-refractivity contribution in [2.45, 2.75) is 25.0 Å². The molecule has 1 aliphatic heterocycles. The highest BCUT2D eigenvalue weighted by atomic mass is 79.9. The van der Waals surface area contributed by atoms with E-state index < -0.39 is 6.04 Å². The lowest BCUT2D eigenvalue weighted by molar-refractivity contribution is -0.124. The third-order valence-electron chi connectivity index (χ3n) is 3.23. The van der Waals surface area contributed by atoms with Crippen LogP contribution < -0.4 is 5.73 Å². The number of carbonyl (C=O) groups excluding carboxylic acids is 1. The molecule has 5 heteroatoms. The maximum absolute atomic E-state index is 11.7. The fraction of sp³-hybridized carbons (Fsp3) is 0.462. The molecule has 0 spiro atoms. The molecule has 1 unspecified atom stereocenters. The number of rotatable bonds is 3. The van der Waals surface area contributed by atoms with E-state index in [1.165, 1.54) is 0 Å². The summed E-state index contributed by atoms with van der Waals surface area (Å²) in [7, 11) is 0. The minimum Gasteiger partial charge on any atom is -0.392 e. The highest BCUT2D eigenvalue weighted by molar-refractivity contribution is 9.10. The van der Waals surface area contributed by atoms with Gasteiger partial charge >= 0.3 is 0 Å². The first kappa shape index (κ1) is 13.5. The number of aliphatic hydroxyl groups excluding tert-OH is 1. The Hall–Kier alpha value is -0.910. The van der Waals surface area contributed by atoms with E-state index in [0.29, 0.717) is 6.54 Å². The van der Waals surface area contributed by atoms with Crippen LogP contribution in [0, 0.1) is 0 Å². The molecule has 98 valence electrons. The molecule has 0 radical (unpaired) electrons. The molecule has 2 atom stereocenters. The van der Waals surface area contributed by atoms with Gasteiger partial charge in [-0.15, -0.1) is 0 Å². The number of nitrogens with zero attached hydrogens (tertiary/aromatic N) is 1. The van der Waals surface area contributed by atoms with Crippen molar-refractivity contribution in [3.63, 3.8) is 0 Å². The zero-order chi connectivity index (χ0) is 13.1. The number of likely N-dealkylation sites (tertiary alicyclic amines) is 1. The van der Waals surface area contributed by atoms with E-state index in [1.54, 1.807) is 0 Å². The molecule has 0 aromatic heterocycles. The summed E-state index contributed by atoms with van der Waals surface area (Å²) in [6, 6.07) is 7.12. The lowest BCUT2D eigenvalue weighted by atomic mass is 10.0. The molecule has 3 N–H and O–H groups in total. The number of carbonyl (C=O) groups is 1. The Morgan fingerprint density at radius 1 is 1.56 bits per heavy atom. The molecule has 2 rings (SSSR count). The molecule has 0 aliphatic carbocycles. The number of amides is 1. The molecule has 0 saturated carbocycles. The molecule has 4 nitrogen and oxygen atoms in total. The van der Waals surface area contributed by atoms with Gasteiger partial charge in [0.25, 0.3) is 0 Å². The van der Waals surface area contributed by atoms with Gasteiger partial charge in [0.1, 0.15) is 6.04 Å². The minimum absolute atomic E-state index is 0.368. The van der Waals surface area contributed by atoms with Crippen molar-refractivity contribution in [2.75, 3.05) is 13.1 Å². The van der Waals surface area contributed by atoms with Crippen LogP contribution in [0.1, 0.15) is 24.4 Å². The molecule has 1 heterocycles. The second-order valence-electron chi connectivity index (χ2n) is 4.65. The van der Waals surface area contributed by atoms with Gasteiger partial charge in [-0.2, -0.15) is 0 Å². The Balaban J connectivity index is 2.25. The fourth-order valence-corrected chi connectivity index (χ4v) is 2.87. The molecule has 18 heavy (non-hydrogen) atoms. The first-order valence-corrected chi connectivity index (χ1v) is 6.84. The van der Waals surface area contributed by atoms with Crippen molar-refractivity contribution in [1.29, 1.82) is 0 Å². The van der Waals surface area contributed by atoms with Gasteiger partial charge in [-0.1, -0.05) is 28.1 Å². The summed E-state index contributed by atoms with van der Waals surface area (Å²) < 4.78 is 0.920. The van der Waals surface area contributed by atoms with Crippen molar-refractivity contribution >= 4 is 21.8 Å². The van der Waals surface area contributed by atoms with E-state index in [1.807, 2.05) is 29.2 Å². The van der Waals surface area contributed by atoms with Crippen LogP contribution in [0.2, 0.25) is 0 Å². The Kier molecular flexibility index (Phi) is 4.37. The molecule has 1 saturated heterocycles. The van der Waals surface area contributed by atoms with Gasteiger partial charge in [-0.3, -0.25) is 9.69 Å². The number of hydrogen-bond acceptors (Lipinski definition) is 3. The summed E-state index contributed by atoms with van der Waals surface area (Å²) in [6.45, 7) is 1.29. The average Bonchev–Trinajstić information content (AvgIpc) is 2.28. The van der Waals surface area contributed by atoms with Crippen LogP contribution in [0.3, 0.4) is 0 Å². The van der Waals surface area contributed by atoms with E-state index in [2.05, 4.69) is 15.9 Å². The van der Waals surface area contributed by atoms with Crippen molar-refractivity contribution in [3.05, 3.63) is 34.3 Å². The standard InChI is InChI=1S/C13H17BrN2O2/c14-10-4-1-3-9(7-10)12(13(15)18)16-6-2-5-11(17)8-16/h1,3-4,7,11-12,17H,2,5-6,8H2,(H2,15,18)/t11-,12?/m0/s1. The van der Waals surface area contributed by atoms with Crippen LogP contribution in [0.4, 0.5) is 0 Å². The Labute approximate surface area is 115 Å². The minimum atomic E-state index is -0.461. The normalized spacial score (nSPS) is 22.7. The van der Waals surface area contributed by atoms with E-state index >= 15 is 0 Å². The third-order valence-corrected chi connectivity index (χ3v) is 3.72.